The quantitative estimate of drug-likeness (QED) is 0.160. The van der Waals surface area contributed by atoms with Crippen molar-refractivity contribution >= 4 is 32.3 Å². The Hall–Kier alpha value is -7.74. The first-order chi connectivity index (χ1) is 32.5. The second-order valence-corrected chi connectivity index (χ2v) is 19.4. The van der Waals surface area contributed by atoms with Gasteiger partial charge in [-0.3, -0.25) is 0 Å². The molecule has 0 amide bonds. The third kappa shape index (κ3) is 6.37. The highest BCUT2D eigenvalue weighted by atomic mass is 15.0. The lowest BCUT2D eigenvalue weighted by Crippen LogP contribution is -2.55. The van der Waals surface area contributed by atoms with E-state index in [0.717, 1.165) is 55.6 Å². The molecule has 14 rings (SSSR count). The summed E-state index contributed by atoms with van der Waals surface area (Å²) >= 11 is 0. The normalized spacial score (nSPS) is 20.8. The molecule has 1 aromatic heterocycles. The van der Waals surface area contributed by atoms with Crippen molar-refractivity contribution in [3.8, 4) is 62.5 Å². The lowest BCUT2D eigenvalue weighted by atomic mass is 9.41. The molecular formula is C62H46N4. The molecule has 0 spiro atoms. The Morgan fingerprint density at radius 3 is 1.48 bits per heavy atom. The van der Waals surface area contributed by atoms with Gasteiger partial charge in [-0.2, -0.15) is 5.26 Å². The standard InChI is InChI=1S/C62H46N4/c63-38-48-24-29-52(54-15-7-6-14-51(48)54)43-20-25-49(26-21-43)61-34-40-32-41(35-61)37-62(36-40,39-61)50-27-22-44(23-28-50)53-30-31-57(56-17-9-8-16-55(53)56)60-65-58(45-11-2-1-3-12-45)64-59(66-60)47-19-18-42-10-4-5-13-46(42)33-47/h1-31,33,40-41H,32,34-37,39H2. The van der Waals surface area contributed by atoms with Gasteiger partial charge in [-0.05, 0) is 140 Å². The topological polar surface area (TPSA) is 62.5 Å². The van der Waals surface area contributed by atoms with Crippen LogP contribution >= 0.6 is 0 Å². The van der Waals surface area contributed by atoms with Gasteiger partial charge in [0.2, 0.25) is 0 Å². The third-order valence-corrected chi connectivity index (χ3v) is 15.6. The molecular weight excluding hydrogens is 801 g/mol. The number of aromatic nitrogens is 3. The van der Waals surface area contributed by atoms with E-state index in [9.17, 15) is 5.26 Å². The minimum atomic E-state index is 0.189. The maximum absolute atomic E-state index is 9.77. The second kappa shape index (κ2) is 15.2. The van der Waals surface area contributed by atoms with Crippen molar-refractivity contribution < 1.29 is 0 Å². The molecule has 4 fully saturated rings. The van der Waals surface area contributed by atoms with Gasteiger partial charge in [-0.1, -0.05) is 176 Å². The fraction of sp³-hybridized carbons (Fsp3) is 0.161. The van der Waals surface area contributed by atoms with Crippen molar-refractivity contribution in [1.29, 1.82) is 5.26 Å². The predicted octanol–water partition coefficient (Wildman–Crippen LogP) is 15.3. The largest absolute Gasteiger partial charge is 0.208 e. The van der Waals surface area contributed by atoms with Crippen LogP contribution in [0.15, 0.2) is 194 Å². The number of hydrogen-bond donors (Lipinski definition) is 0. The van der Waals surface area contributed by atoms with E-state index in [2.05, 4.69) is 170 Å². The van der Waals surface area contributed by atoms with Crippen molar-refractivity contribution in [1.82, 2.24) is 15.0 Å². The van der Waals surface area contributed by atoms with Crippen LogP contribution in [0.25, 0.3) is 88.7 Å². The summed E-state index contributed by atoms with van der Waals surface area (Å²) in [6.07, 6.45) is 7.73. The number of benzene rings is 9. The fourth-order valence-corrected chi connectivity index (χ4v) is 13.0. The Morgan fingerprint density at radius 2 is 0.864 bits per heavy atom. The number of hydrogen-bond acceptors (Lipinski definition) is 4. The lowest BCUT2D eigenvalue weighted by Gasteiger charge is -2.63. The molecule has 0 saturated heterocycles. The summed E-state index contributed by atoms with van der Waals surface area (Å²) in [5.74, 6) is 3.49. The summed E-state index contributed by atoms with van der Waals surface area (Å²) in [6.45, 7) is 0. The van der Waals surface area contributed by atoms with Crippen LogP contribution in [0.2, 0.25) is 0 Å². The maximum atomic E-state index is 9.77. The summed E-state index contributed by atoms with van der Waals surface area (Å²) in [6, 6.07) is 72.3. The summed E-state index contributed by atoms with van der Waals surface area (Å²) < 4.78 is 0. The van der Waals surface area contributed by atoms with Crippen LogP contribution in [0, 0.1) is 23.2 Å². The van der Waals surface area contributed by atoms with Gasteiger partial charge >= 0.3 is 0 Å². The molecule has 4 heteroatoms. The van der Waals surface area contributed by atoms with Gasteiger partial charge < -0.3 is 0 Å². The molecule has 0 N–H and O–H groups in total. The predicted molar refractivity (Wildman–Crippen MR) is 269 cm³/mol. The van der Waals surface area contributed by atoms with Crippen LogP contribution in [-0.4, -0.2) is 15.0 Å². The summed E-state index contributed by atoms with van der Waals surface area (Å²) in [5.41, 5.74) is 11.9. The van der Waals surface area contributed by atoms with Crippen LogP contribution in [0.1, 0.15) is 55.2 Å². The first-order valence-electron chi connectivity index (χ1n) is 23.5. The number of rotatable bonds is 7. The van der Waals surface area contributed by atoms with Gasteiger partial charge in [0.15, 0.2) is 17.5 Å². The number of fused-ring (bicyclic) bond motifs is 3. The molecule has 4 bridgehead atoms. The Kier molecular flexibility index (Phi) is 8.90. The summed E-state index contributed by atoms with van der Waals surface area (Å²) in [5, 5.41) is 16.6. The minimum absolute atomic E-state index is 0.189. The molecule has 0 radical (unpaired) electrons. The van der Waals surface area contributed by atoms with Gasteiger partial charge in [-0.15, -0.1) is 0 Å². The smallest absolute Gasteiger partial charge is 0.164 e. The van der Waals surface area contributed by atoms with Crippen LogP contribution in [0.4, 0.5) is 0 Å². The highest BCUT2D eigenvalue weighted by molar-refractivity contribution is 6.04. The first kappa shape index (κ1) is 38.7. The monoisotopic (exact) mass is 846 g/mol. The number of nitrogens with zero attached hydrogens (tertiary/aromatic N) is 4. The van der Waals surface area contributed by atoms with Crippen molar-refractivity contribution in [3.63, 3.8) is 0 Å². The molecule has 4 nitrogen and oxygen atoms in total. The molecule has 9 aromatic carbocycles. The van der Waals surface area contributed by atoms with Crippen molar-refractivity contribution in [2.24, 2.45) is 11.8 Å². The van der Waals surface area contributed by atoms with Gasteiger partial charge in [0, 0.05) is 22.1 Å². The van der Waals surface area contributed by atoms with E-state index in [1.807, 2.05) is 30.3 Å². The van der Waals surface area contributed by atoms with Crippen LogP contribution in [0.3, 0.4) is 0 Å². The maximum Gasteiger partial charge on any atom is 0.164 e. The Morgan fingerprint density at radius 1 is 0.394 bits per heavy atom. The first-order valence-corrected chi connectivity index (χ1v) is 23.5. The summed E-state index contributed by atoms with van der Waals surface area (Å²) in [4.78, 5) is 15.4. The lowest BCUT2D eigenvalue weighted by molar-refractivity contribution is -0.0281. The minimum Gasteiger partial charge on any atom is -0.208 e. The average Bonchev–Trinajstić information content (AvgIpc) is 3.37. The molecule has 4 aliphatic carbocycles. The van der Waals surface area contributed by atoms with E-state index in [-0.39, 0.29) is 10.8 Å². The molecule has 4 saturated carbocycles. The Balaban J connectivity index is 0.834. The highest BCUT2D eigenvalue weighted by Gasteiger charge is 2.58. The van der Waals surface area contributed by atoms with Crippen molar-refractivity contribution in [2.45, 2.75) is 49.4 Å². The van der Waals surface area contributed by atoms with E-state index in [1.54, 1.807) is 0 Å². The Bertz CT molecular complexity index is 3550. The van der Waals surface area contributed by atoms with E-state index in [4.69, 9.17) is 15.0 Å². The zero-order valence-corrected chi connectivity index (χ0v) is 36.7. The zero-order valence-electron chi connectivity index (χ0n) is 36.7. The van der Waals surface area contributed by atoms with E-state index in [1.165, 1.54) is 82.7 Å². The molecule has 10 aromatic rings. The average molecular weight is 847 g/mol. The summed E-state index contributed by atoms with van der Waals surface area (Å²) in [7, 11) is 0. The molecule has 314 valence electrons. The molecule has 4 aliphatic rings. The van der Waals surface area contributed by atoms with Crippen LogP contribution < -0.4 is 0 Å². The fourth-order valence-electron chi connectivity index (χ4n) is 13.0. The van der Waals surface area contributed by atoms with E-state index in [0.29, 0.717) is 17.5 Å². The molecule has 0 aliphatic heterocycles. The molecule has 1 heterocycles. The van der Waals surface area contributed by atoms with Gasteiger partial charge in [0.05, 0.1) is 11.6 Å². The molecule has 2 unspecified atom stereocenters. The van der Waals surface area contributed by atoms with Gasteiger partial charge in [-0.25, -0.2) is 15.0 Å². The molecule has 66 heavy (non-hydrogen) atoms. The van der Waals surface area contributed by atoms with Crippen molar-refractivity contribution in [3.05, 3.63) is 211 Å². The van der Waals surface area contributed by atoms with Crippen LogP contribution in [-0.2, 0) is 10.8 Å². The van der Waals surface area contributed by atoms with E-state index >= 15 is 0 Å². The number of nitriles is 1. The van der Waals surface area contributed by atoms with Gasteiger partial charge in [0.25, 0.3) is 0 Å². The molecule has 2 atom stereocenters. The van der Waals surface area contributed by atoms with Gasteiger partial charge in [0.1, 0.15) is 0 Å². The zero-order chi connectivity index (χ0) is 43.8. The Labute approximate surface area is 385 Å². The van der Waals surface area contributed by atoms with E-state index < -0.39 is 0 Å². The van der Waals surface area contributed by atoms with Crippen LogP contribution in [0.5, 0.6) is 0 Å². The highest BCUT2D eigenvalue weighted by Crippen LogP contribution is 2.66. The van der Waals surface area contributed by atoms with Crippen molar-refractivity contribution in [2.75, 3.05) is 0 Å². The third-order valence-electron chi connectivity index (χ3n) is 15.6. The SMILES string of the molecule is N#Cc1ccc(-c2ccc(C34CC5CC(C3)CC(c3ccc(-c6ccc(-c7nc(-c8ccccc8)nc(-c8ccc9ccccc9c8)n7)c7ccccc67)cc3)(C5)C4)cc2)c2ccccc12. The second-order valence-electron chi connectivity index (χ2n) is 19.4.